The van der Waals surface area contributed by atoms with Crippen molar-refractivity contribution >= 4 is 17.2 Å². The number of hydrogen-bond acceptors (Lipinski definition) is 2. The second-order valence-electron chi connectivity index (χ2n) is 5.02. The molecule has 3 aromatic rings. The van der Waals surface area contributed by atoms with Gasteiger partial charge in [-0.3, -0.25) is 9.59 Å². The number of aromatic nitrogens is 2. The van der Waals surface area contributed by atoms with Gasteiger partial charge in [-0.05, 0) is 24.1 Å². The van der Waals surface area contributed by atoms with Gasteiger partial charge in [0.2, 0.25) is 0 Å². The van der Waals surface area contributed by atoms with Gasteiger partial charge in [-0.25, -0.2) is 0 Å². The number of H-pyrrole nitrogens is 1. The lowest BCUT2D eigenvalue weighted by Crippen LogP contribution is -2.26. The second kappa shape index (κ2) is 3.93. The smallest absolute Gasteiger partial charge is 0.251 e. The summed E-state index contributed by atoms with van der Waals surface area (Å²) in [5.74, 6) is 0. The predicted molar refractivity (Wildman–Crippen MR) is 77.1 cm³/mol. The minimum atomic E-state index is -0.0603. The van der Waals surface area contributed by atoms with Crippen molar-refractivity contribution in [1.29, 1.82) is 0 Å². The lowest BCUT2D eigenvalue weighted by molar-refractivity contribution is 0.112. The van der Waals surface area contributed by atoms with Crippen LogP contribution in [0.4, 0.5) is 0 Å². The van der Waals surface area contributed by atoms with Crippen LogP contribution in [-0.4, -0.2) is 15.8 Å². The summed E-state index contributed by atoms with van der Waals surface area (Å²) in [6, 6.07) is 11.1. The van der Waals surface area contributed by atoms with Crippen molar-refractivity contribution in [2.24, 2.45) is 0 Å². The van der Waals surface area contributed by atoms with E-state index in [1.807, 2.05) is 18.2 Å². The zero-order valence-corrected chi connectivity index (χ0v) is 10.7. The highest BCUT2D eigenvalue weighted by atomic mass is 16.1. The average Bonchev–Trinajstić information content (AvgIpc) is 2.86. The Bertz CT molecular complexity index is 902. The number of pyridine rings is 1. The van der Waals surface area contributed by atoms with Crippen LogP contribution in [0.3, 0.4) is 0 Å². The van der Waals surface area contributed by atoms with Crippen molar-refractivity contribution < 1.29 is 4.79 Å². The van der Waals surface area contributed by atoms with Crippen molar-refractivity contribution in [1.82, 2.24) is 9.55 Å². The van der Waals surface area contributed by atoms with E-state index < -0.39 is 0 Å². The predicted octanol–water partition coefficient (Wildman–Crippen LogP) is 2.37. The summed E-state index contributed by atoms with van der Waals surface area (Å²) in [6.45, 7) is 0.616. The number of benzene rings is 1. The first kappa shape index (κ1) is 11.2. The molecule has 1 aromatic carbocycles. The van der Waals surface area contributed by atoms with Crippen LogP contribution in [0, 0.1) is 0 Å². The molecule has 20 heavy (non-hydrogen) atoms. The molecule has 4 heteroatoms. The van der Waals surface area contributed by atoms with Gasteiger partial charge in [0.25, 0.3) is 5.56 Å². The van der Waals surface area contributed by atoms with Gasteiger partial charge in [0.05, 0.1) is 11.4 Å². The molecule has 0 atom stereocenters. The summed E-state index contributed by atoms with van der Waals surface area (Å²) >= 11 is 0. The number of hydrogen-bond donors (Lipinski definition) is 1. The summed E-state index contributed by atoms with van der Waals surface area (Å²) < 4.78 is 1.68. The Morgan fingerprint density at radius 2 is 2.00 bits per heavy atom. The largest absolute Gasteiger partial charge is 0.353 e. The Balaban J connectivity index is 2.15. The molecule has 3 heterocycles. The molecule has 1 aliphatic rings. The summed E-state index contributed by atoms with van der Waals surface area (Å²) in [5.41, 5.74) is 4.34. The summed E-state index contributed by atoms with van der Waals surface area (Å²) in [7, 11) is 0. The molecule has 4 rings (SSSR count). The third-order valence-electron chi connectivity index (χ3n) is 3.98. The van der Waals surface area contributed by atoms with Gasteiger partial charge in [0, 0.05) is 29.1 Å². The molecule has 0 spiro atoms. The Hall–Kier alpha value is -2.62. The van der Waals surface area contributed by atoms with E-state index in [0.717, 1.165) is 23.9 Å². The first-order valence-electron chi connectivity index (χ1n) is 6.58. The monoisotopic (exact) mass is 264 g/mol. The number of para-hydroxylation sites is 1. The van der Waals surface area contributed by atoms with Gasteiger partial charge < -0.3 is 9.55 Å². The van der Waals surface area contributed by atoms with E-state index in [2.05, 4.69) is 11.1 Å². The quantitative estimate of drug-likeness (QED) is 0.686. The summed E-state index contributed by atoms with van der Waals surface area (Å²) in [6.07, 6.45) is 1.61. The summed E-state index contributed by atoms with van der Waals surface area (Å²) in [5, 5.41) is 1.17. The third kappa shape index (κ3) is 1.36. The molecule has 2 aromatic heterocycles. The first-order chi connectivity index (χ1) is 9.79. The molecule has 0 radical (unpaired) electrons. The molecule has 0 bridgehead atoms. The molecule has 0 saturated heterocycles. The van der Waals surface area contributed by atoms with Crippen molar-refractivity contribution in [3.05, 3.63) is 57.9 Å². The van der Waals surface area contributed by atoms with E-state index in [9.17, 15) is 9.59 Å². The topological polar surface area (TPSA) is 54.9 Å². The van der Waals surface area contributed by atoms with Crippen molar-refractivity contribution in [2.45, 2.75) is 13.0 Å². The first-order valence-corrected chi connectivity index (χ1v) is 6.58. The molecule has 4 nitrogen and oxygen atoms in total. The fourth-order valence-electron chi connectivity index (χ4n) is 3.08. The molecular formula is C16H12N2O2. The minimum absolute atomic E-state index is 0.0603. The molecular weight excluding hydrogens is 252 g/mol. The van der Waals surface area contributed by atoms with E-state index in [1.54, 1.807) is 10.6 Å². The van der Waals surface area contributed by atoms with Crippen molar-refractivity contribution in [2.75, 3.05) is 0 Å². The lowest BCUT2D eigenvalue weighted by Gasteiger charge is -2.20. The number of nitrogens with one attached hydrogen (secondary N) is 1. The van der Waals surface area contributed by atoms with Crippen molar-refractivity contribution in [3.8, 4) is 11.4 Å². The number of aldehydes is 1. The Morgan fingerprint density at radius 3 is 2.85 bits per heavy atom. The molecule has 98 valence electrons. The van der Waals surface area contributed by atoms with Crippen LogP contribution in [0.1, 0.15) is 15.9 Å². The maximum absolute atomic E-state index is 12.0. The zero-order valence-electron chi connectivity index (χ0n) is 10.7. The van der Waals surface area contributed by atoms with E-state index >= 15 is 0 Å². The highest BCUT2D eigenvalue weighted by Crippen LogP contribution is 2.34. The van der Waals surface area contributed by atoms with Crippen LogP contribution in [0.15, 0.2) is 41.2 Å². The third-order valence-corrected chi connectivity index (χ3v) is 3.98. The highest BCUT2D eigenvalue weighted by molar-refractivity contribution is 5.94. The maximum atomic E-state index is 12.0. The van der Waals surface area contributed by atoms with Crippen LogP contribution in [0.2, 0.25) is 0 Å². The number of aryl methyl sites for hydroxylation is 1. The lowest BCUT2D eigenvalue weighted by atomic mass is 9.99. The van der Waals surface area contributed by atoms with E-state index in [4.69, 9.17) is 0 Å². The molecule has 1 N–H and O–H groups in total. The summed E-state index contributed by atoms with van der Waals surface area (Å²) in [4.78, 5) is 26.6. The average molecular weight is 264 g/mol. The molecule has 1 aliphatic heterocycles. The van der Waals surface area contributed by atoms with E-state index in [0.29, 0.717) is 17.8 Å². The zero-order chi connectivity index (χ0) is 13.7. The normalized spacial score (nSPS) is 13.0. The van der Waals surface area contributed by atoms with Crippen LogP contribution in [0.25, 0.3) is 22.3 Å². The SMILES string of the molecule is O=Cc1ccc(=O)n2c1-c1[nH]c3ccccc3c1CC2. The van der Waals surface area contributed by atoms with Gasteiger partial charge in [0.1, 0.15) is 0 Å². The standard InChI is InChI=1S/C16H12N2O2/c19-9-10-5-6-14(20)18-8-7-12-11-3-1-2-4-13(11)17-15(12)16(10)18/h1-6,9,17H,7-8H2. The number of carbonyl (C=O) groups excluding carboxylic acids is 1. The Kier molecular flexibility index (Phi) is 2.21. The van der Waals surface area contributed by atoms with Crippen LogP contribution < -0.4 is 5.56 Å². The number of aromatic amines is 1. The van der Waals surface area contributed by atoms with Gasteiger partial charge in [-0.1, -0.05) is 18.2 Å². The molecule has 0 aliphatic carbocycles. The fraction of sp³-hybridized carbons (Fsp3) is 0.125. The highest BCUT2D eigenvalue weighted by Gasteiger charge is 2.23. The van der Waals surface area contributed by atoms with Gasteiger partial charge in [-0.15, -0.1) is 0 Å². The number of carbonyl (C=O) groups is 1. The van der Waals surface area contributed by atoms with Crippen LogP contribution in [0.5, 0.6) is 0 Å². The Labute approximate surface area is 114 Å². The number of fused-ring (bicyclic) bond motifs is 5. The maximum Gasteiger partial charge on any atom is 0.251 e. The number of rotatable bonds is 1. The molecule has 0 saturated carbocycles. The van der Waals surface area contributed by atoms with Crippen molar-refractivity contribution in [3.63, 3.8) is 0 Å². The van der Waals surface area contributed by atoms with Gasteiger partial charge >= 0.3 is 0 Å². The molecule has 0 fully saturated rings. The second-order valence-corrected chi connectivity index (χ2v) is 5.02. The van der Waals surface area contributed by atoms with Crippen LogP contribution in [-0.2, 0) is 13.0 Å². The number of nitrogens with zero attached hydrogens (tertiary/aromatic N) is 1. The minimum Gasteiger partial charge on any atom is -0.353 e. The Morgan fingerprint density at radius 1 is 1.15 bits per heavy atom. The van der Waals surface area contributed by atoms with E-state index in [1.165, 1.54) is 17.0 Å². The molecule has 0 amide bonds. The van der Waals surface area contributed by atoms with E-state index in [-0.39, 0.29) is 5.56 Å². The fourth-order valence-corrected chi connectivity index (χ4v) is 3.08. The van der Waals surface area contributed by atoms with Crippen LogP contribution >= 0.6 is 0 Å². The van der Waals surface area contributed by atoms with Gasteiger partial charge in [0.15, 0.2) is 6.29 Å². The van der Waals surface area contributed by atoms with Gasteiger partial charge in [-0.2, -0.15) is 0 Å². The molecule has 0 unspecified atom stereocenters.